The monoisotopic (exact) mass is 380 g/mol. The SMILES string of the molecule is Cc1cc(C)nc(NS(=O)(=O)c2ccc(NS(=O)(=O)[O-])cc2)n1.[Na+]. The Morgan fingerprint density at radius 3 is 1.88 bits per heavy atom. The van der Waals surface area contributed by atoms with Crippen molar-refractivity contribution in [2.45, 2.75) is 18.7 Å². The van der Waals surface area contributed by atoms with Gasteiger partial charge in [-0.25, -0.2) is 31.5 Å². The van der Waals surface area contributed by atoms with Crippen molar-refractivity contribution >= 4 is 32.0 Å². The predicted molar refractivity (Wildman–Crippen MR) is 82.1 cm³/mol. The third-order valence-corrected chi connectivity index (χ3v) is 4.45. The summed E-state index contributed by atoms with van der Waals surface area (Å²) in [5.41, 5.74) is 1.17. The first kappa shape index (κ1) is 20.8. The summed E-state index contributed by atoms with van der Waals surface area (Å²) < 4.78 is 60.1. The largest absolute Gasteiger partial charge is 1.00 e. The topological polar surface area (TPSA) is 141 Å². The summed E-state index contributed by atoms with van der Waals surface area (Å²) in [7, 11) is -8.61. The second kappa shape index (κ2) is 7.76. The minimum absolute atomic E-state index is 0. The molecule has 0 radical (unpaired) electrons. The molecule has 0 fully saturated rings. The third-order valence-electron chi connectivity index (χ3n) is 2.62. The zero-order valence-corrected chi connectivity index (χ0v) is 16.8. The van der Waals surface area contributed by atoms with Crippen molar-refractivity contribution in [3.8, 4) is 0 Å². The maximum atomic E-state index is 12.2. The fourth-order valence-electron chi connectivity index (χ4n) is 1.80. The molecule has 9 nitrogen and oxygen atoms in total. The summed E-state index contributed by atoms with van der Waals surface area (Å²) in [5.74, 6) is -0.0631. The number of hydrogen-bond donors (Lipinski definition) is 2. The van der Waals surface area contributed by atoms with Crippen molar-refractivity contribution in [3.63, 3.8) is 0 Å². The molecule has 24 heavy (non-hydrogen) atoms. The zero-order valence-electron chi connectivity index (χ0n) is 13.1. The Labute approximate surface area is 162 Å². The van der Waals surface area contributed by atoms with E-state index in [9.17, 15) is 21.4 Å². The van der Waals surface area contributed by atoms with E-state index in [2.05, 4.69) is 14.7 Å². The maximum Gasteiger partial charge on any atom is 1.00 e. The molecule has 0 atom stereocenters. The molecule has 124 valence electrons. The minimum atomic E-state index is -4.67. The third kappa shape index (κ3) is 6.00. The van der Waals surface area contributed by atoms with Crippen LogP contribution in [0.3, 0.4) is 0 Å². The van der Waals surface area contributed by atoms with Crippen LogP contribution in [0.1, 0.15) is 11.4 Å². The van der Waals surface area contributed by atoms with Gasteiger partial charge in [0.15, 0.2) is 10.3 Å². The predicted octanol–water partition coefficient (Wildman–Crippen LogP) is -2.23. The van der Waals surface area contributed by atoms with Crippen LogP contribution in [0.15, 0.2) is 35.2 Å². The van der Waals surface area contributed by atoms with Gasteiger partial charge < -0.3 is 4.55 Å². The van der Waals surface area contributed by atoms with Gasteiger partial charge in [0.1, 0.15) is 0 Å². The molecule has 0 bridgehead atoms. The second-order valence-electron chi connectivity index (χ2n) is 4.66. The number of nitrogens with one attached hydrogen (secondary N) is 2. The molecule has 0 unspecified atom stereocenters. The van der Waals surface area contributed by atoms with Crippen molar-refractivity contribution in [2.75, 3.05) is 9.44 Å². The van der Waals surface area contributed by atoms with Crippen LogP contribution < -0.4 is 39.0 Å². The van der Waals surface area contributed by atoms with Crippen molar-refractivity contribution in [2.24, 2.45) is 0 Å². The van der Waals surface area contributed by atoms with Crippen molar-refractivity contribution in [1.29, 1.82) is 0 Å². The Morgan fingerprint density at radius 2 is 1.42 bits per heavy atom. The Morgan fingerprint density at radius 1 is 0.917 bits per heavy atom. The average Bonchev–Trinajstić information content (AvgIpc) is 2.35. The van der Waals surface area contributed by atoms with Gasteiger partial charge in [-0.15, -0.1) is 0 Å². The molecule has 0 aliphatic rings. The summed E-state index contributed by atoms with van der Waals surface area (Å²) in [6.07, 6.45) is 0. The molecule has 0 spiro atoms. The number of rotatable bonds is 5. The smallest absolute Gasteiger partial charge is 0.731 e. The Bertz CT molecular complexity index is 910. The number of benzene rings is 1. The molecule has 0 saturated heterocycles. The number of aryl methyl sites for hydroxylation is 2. The maximum absolute atomic E-state index is 12.2. The van der Waals surface area contributed by atoms with Gasteiger partial charge in [-0.1, -0.05) is 0 Å². The standard InChI is InChI=1S/C12H14N4O5S2.Na/c1-8-7-9(2)14-12(13-8)16-22(17,18)11-5-3-10(4-6-11)15-23(19,20)21;/h3-7,15H,1-2H3,(H,13,14,16)(H,19,20,21);/q;+1/p-1. The summed E-state index contributed by atoms with van der Waals surface area (Å²) >= 11 is 0. The van der Waals surface area contributed by atoms with Gasteiger partial charge in [0.2, 0.25) is 5.95 Å². The number of nitrogens with zero attached hydrogens (tertiary/aromatic N) is 2. The first-order valence-electron chi connectivity index (χ1n) is 6.24. The van der Waals surface area contributed by atoms with Gasteiger partial charge in [0.05, 0.1) is 4.90 Å². The van der Waals surface area contributed by atoms with Crippen LogP contribution in [-0.4, -0.2) is 31.4 Å². The summed E-state index contributed by atoms with van der Waals surface area (Å²) in [6, 6.07) is 6.32. The molecule has 0 amide bonds. The molecular weight excluding hydrogens is 367 g/mol. The van der Waals surface area contributed by atoms with Crippen molar-refractivity contribution in [3.05, 3.63) is 41.7 Å². The molecule has 0 saturated carbocycles. The Hall–Kier alpha value is -1.24. The number of anilines is 2. The summed E-state index contributed by atoms with van der Waals surface area (Å²) in [6.45, 7) is 3.41. The molecular formula is C12H13N4NaO5S2. The average molecular weight is 380 g/mol. The zero-order chi connectivity index (χ0) is 17.3. The molecule has 0 aliphatic heterocycles. The molecule has 1 heterocycles. The van der Waals surface area contributed by atoms with E-state index in [4.69, 9.17) is 0 Å². The van der Waals surface area contributed by atoms with E-state index >= 15 is 0 Å². The van der Waals surface area contributed by atoms with Crippen LogP contribution >= 0.6 is 0 Å². The van der Waals surface area contributed by atoms with E-state index in [1.54, 1.807) is 24.6 Å². The van der Waals surface area contributed by atoms with Crippen LogP contribution in [0.25, 0.3) is 0 Å². The van der Waals surface area contributed by atoms with Gasteiger partial charge in [-0.2, -0.15) is 0 Å². The molecule has 2 aromatic rings. The van der Waals surface area contributed by atoms with Gasteiger partial charge in [-0.05, 0) is 44.2 Å². The van der Waals surface area contributed by atoms with E-state index in [0.29, 0.717) is 11.4 Å². The first-order valence-corrected chi connectivity index (χ1v) is 9.13. The fraction of sp³-hybridized carbons (Fsp3) is 0.167. The van der Waals surface area contributed by atoms with Gasteiger partial charge >= 0.3 is 29.6 Å². The van der Waals surface area contributed by atoms with Crippen molar-refractivity contribution < 1.29 is 50.9 Å². The Kier molecular flexibility index (Phi) is 6.73. The van der Waals surface area contributed by atoms with Crippen molar-refractivity contribution in [1.82, 2.24) is 9.97 Å². The van der Waals surface area contributed by atoms with Crippen LogP contribution in [0.4, 0.5) is 11.6 Å². The van der Waals surface area contributed by atoms with Crippen LogP contribution in [0.2, 0.25) is 0 Å². The molecule has 2 N–H and O–H groups in total. The molecule has 1 aromatic heterocycles. The fourth-order valence-corrected chi connectivity index (χ4v) is 3.17. The Balaban J connectivity index is 0.00000288. The first-order chi connectivity index (χ1) is 10.5. The second-order valence-corrected chi connectivity index (χ2v) is 7.46. The normalized spacial score (nSPS) is 11.5. The number of hydrogen-bond acceptors (Lipinski definition) is 7. The van der Waals surface area contributed by atoms with Crippen LogP contribution in [0, 0.1) is 13.8 Å². The van der Waals surface area contributed by atoms with Crippen LogP contribution in [0.5, 0.6) is 0 Å². The van der Waals surface area contributed by atoms with E-state index in [1.807, 2.05) is 0 Å². The molecule has 2 rings (SSSR count). The quantitative estimate of drug-likeness (QED) is 0.442. The molecule has 0 aliphatic carbocycles. The summed E-state index contributed by atoms with van der Waals surface area (Å²) in [4.78, 5) is 7.82. The summed E-state index contributed by atoms with van der Waals surface area (Å²) in [5, 5.41) is 0. The number of sulfonamides is 1. The van der Waals surface area contributed by atoms with E-state index < -0.39 is 20.3 Å². The minimum Gasteiger partial charge on any atom is -0.731 e. The molecule has 12 heteroatoms. The van der Waals surface area contributed by atoms with Crippen LogP contribution in [-0.2, 0) is 20.3 Å². The molecule has 1 aromatic carbocycles. The van der Waals surface area contributed by atoms with Gasteiger partial charge in [0.25, 0.3) is 10.0 Å². The number of aromatic nitrogens is 2. The van der Waals surface area contributed by atoms with E-state index in [-0.39, 0.29) is 46.1 Å². The van der Waals surface area contributed by atoms with E-state index in [1.165, 1.54) is 0 Å². The van der Waals surface area contributed by atoms with Gasteiger partial charge in [-0.3, -0.25) is 4.72 Å². The van der Waals surface area contributed by atoms with E-state index in [0.717, 1.165) is 24.3 Å². The van der Waals surface area contributed by atoms with Gasteiger partial charge in [0, 0.05) is 17.1 Å².